The molecule has 1 aromatic carbocycles. The smallest absolute Gasteiger partial charge is 0.231 e. The predicted octanol–water partition coefficient (Wildman–Crippen LogP) is 3.65. The second-order valence-electron chi connectivity index (χ2n) is 8.64. The first-order valence-electron chi connectivity index (χ1n) is 10.8. The van der Waals surface area contributed by atoms with Crippen molar-refractivity contribution in [2.75, 3.05) is 33.5 Å². The van der Waals surface area contributed by atoms with Gasteiger partial charge in [0.15, 0.2) is 11.5 Å². The maximum atomic E-state index is 5.65. The monoisotopic (exact) mass is 372 g/mol. The summed E-state index contributed by atoms with van der Waals surface area (Å²) >= 11 is 0. The first kappa shape index (κ1) is 17.6. The van der Waals surface area contributed by atoms with Crippen LogP contribution in [0.3, 0.4) is 0 Å². The topological polar surface area (TPSA) is 34.2 Å². The van der Waals surface area contributed by atoms with Gasteiger partial charge in [-0.3, -0.25) is 9.80 Å². The van der Waals surface area contributed by atoms with Crippen molar-refractivity contribution in [2.24, 2.45) is 5.92 Å². The average molecular weight is 373 g/mol. The zero-order valence-electron chi connectivity index (χ0n) is 16.5. The van der Waals surface area contributed by atoms with Gasteiger partial charge in [0.1, 0.15) is 0 Å². The highest BCUT2D eigenvalue weighted by molar-refractivity contribution is 5.55. The molecule has 0 spiro atoms. The van der Waals surface area contributed by atoms with Crippen molar-refractivity contribution in [3.8, 4) is 17.2 Å². The molecule has 4 aliphatic rings. The molecule has 5 heteroatoms. The third-order valence-corrected chi connectivity index (χ3v) is 7.14. The third-order valence-electron chi connectivity index (χ3n) is 7.14. The van der Waals surface area contributed by atoms with Crippen LogP contribution in [0.5, 0.6) is 17.2 Å². The van der Waals surface area contributed by atoms with Crippen molar-refractivity contribution >= 4 is 0 Å². The number of hydrogen-bond acceptors (Lipinski definition) is 5. The molecule has 3 fully saturated rings. The van der Waals surface area contributed by atoms with Crippen LogP contribution in [0.4, 0.5) is 0 Å². The molecule has 0 amide bonds. The number of hydrogen-bond donors (Lipinski definition) is 0. The van der Waals surface area contributed by atoms with Gasteiger partial charge in [0.2, 0.25) is 12.5 Å². The summed E-state index contributed by atoms with van der Waals surface area (Å²) in [7, 11) is 1.71. The van der Waals surface area contributed by atoms with Crippen LogP contribution in [-0.2, 0) is 6.54 Å². The van der Waals surface area contributed by atoms with Crippen molar-refractivity contribution in [1.29, 1.82) is 0 Å². The van der Waals surface area contributed by atoms with Gasteiger partial charge in [0.25, 0.3) is 0 Å². The van der Waals surface area contributed by atoms with Crippen molar-refractivity contribution < 1.29 is 14.2 Å². The molecule has 1 aliphatic carbocycles. The first-order valence-corrected chi connectivity index (χ1v) is 10.8. The number of benzene rings is 1. The lowest BCUT2D eigenvalue weighted by molar-refractivity contribution is -0.00384. The summed E-state index contributed by atoms with van der Waals surface area (Å²) in [5.74, 6) is 3.25. The summed E-state index contributed by atoms with van der Waals surface area (Å²) in [6, 6.07) is 5.77. The van der Waals surface area contributed by atoms with Gasteiger partial charge in [0.05, 0.1) is 7.11 Å². The maximum Gasteiger partial charge on any atom is 0.231 e. The van der Waals surface area contributed by atoms with E-state index < -0.39 is 0 Å². The fourth-order valence-electron chi connectivity index (χ4n) is 5.95. The Morgan fingerprint density at radius 2 is 1.89 bits per heavy atom. The lowest BCUT2D eigenvalue weighted by atomic mass is 9.78. The van der Waals surface area contributed by atoms with E-state index in [0.29, 0.717) is 12.8 Å². The van der Waals surface area contributed by atoms with Crippen molar-refractivity contribution in [3.05, 3.63) is 17.7 Å². The summed E-state index contributed by atoms with van der Waals surface area (Å²) in [4.78, 5) is 5.55. The van der Waals surface area contributed by atoms with E-state index in [1.54, 1.807) is 7.11 Å². The zero-order chi connectivity index (χ0) is 18.2. The lowest BCUT2D eigenvalue weighted by Crippen LogP contribution is -2.59. The van der Waals surface area contributed by atoms with E-state index in [2.05, 4.69) is 21.9 Å². The number of ether oxygens (including phenoxy) is 3. The van der Waals surface area contributed by atoms with Gasteiger partial charge in [-0.2, -0.15) is 0 Å². The molecular formula is C22H32N2O3. The van der Waals surface area contributed by atoms with Crippen LogP contribution in [0.2, 0.25) is 0 Å². The molecule has 27 heavy (non-hydrogen) atoms. The molecule has 148 valence electrons. The number of nitrogens with zero attached hydrogens (tertiary/aromatic N) is 2. The zero-order valence-corrected chi connectivity index (χ0v) is 16.5. The standard InChI is InChI=1S/C22H32N2O3/c1-25-19-12-16(13-20-22(19)27-15-26-20)14-24-11-10-23-9-5-8-18(23)21(24)17-6-3-2-4-7-17/h12-13,17-18,21H,2-11,14-15H2,1H3. The van der Waals surface area contributed by atoms with Crippen LogP contribution in [0.1, 0.15) is 50.5 Å². The summed E-state index contributed by atoms with van der Waals surface area (Å²) in [6.45, 7) is 4.97. The van der Waals surface area contributed by atoms with Gasteiger partial charge in [-0.1, -0.05) is 19.3 Å². The third kappa shape index (κ3) is 3.29. The minimum atomic E-state index is 0.292. The maximum absolute atomic E-state index is 5.65. The fourth-order valence-corrected chi connectivity index (χ4v) is 5.95. The number of piperazine rings is 1. The van der Waals surface area contributed by atoms with Crippen LogP contribution in [0.15, 0.2) is 12.1 Å². The van der Waals surface area contributed by atoms with Crippen LogP contribution in [0, 0.1) is 5.92 Å². The Morgan fingerprint density at radius 3 is 2.74 bits per heavy atom. The summed E-state index contributed by atoms with van der Waals surface area (Å²) in [6.07, 6.45) is 9.84. The fraction of sp³-hybridized carbons (Fsp3) is 0.727. The Kier molecular flexibility index (Phi) is 4.91. The molecular weight excluding hydrogens is 340 g/mol. The molecule has 3 aliphatic heterocycles. The van der Waals surface area contributed by atoms with Crippen molar-refractivity contribution in [3.63, 3.8) is 0 Å². The number of fused-ring (bicyclic) bond motifs is 2. The van der Waals surface area contributed by atoms with Crippen LogP contribution >= 0.6 is 0 Å². The molecule has 1 aromatic rings. The Balaban J connectivity index is 1.40. The van der Waals surface area contributed by atoms with Gasteiger partial charge >= 0.3 is 0 Å². The molecule has 0 N–H and O–H groups in total. The largest absolute Gasteiger partial charge is 0.493 e. The van der Waals surface area contributed by atoms with Crippen LogP contribution in [-0.4, -0.2) is 55.4 Å². The number of rotatable bonds is 4. The molecule has 2 saturated heterocycles. The molecule has 0 radical (unpaired) electrons. The van der Waals surface area contributed by atoms with E-state index in [0.717, 1.165) is 35.8 Å². The predicted molar refractivity (Wildman–Crippen MR) is 104 cm³/mol. The Hall–Kier alpha value is -1.46. The minimum Gasteiger partial charge on any atom is -0.493 e. The molecule has 5 nitrogen and oxygen atoms in total. The second-order valence-corrected chi connectivity index (χ2v) is 8.64. The first-order chi connectivity index (χ1) is 13.3. The highest BCUT2D eigenvalue weighted by Gasteiger charge is 2.43. The molecule has 1 saturated carbocycles. The van der Waals surface area contributed by atoms with E-state index in [4.69, 9.17) is 14.2 Å². The van der Waals surface area contributed by atoms with Gasteiger partial charge < -0.3 is 14.2 Å². The minimum absolute atomic E-state index is 0.292. The summed E-state index contributed by atoms with van der Waals surface area (Å²) in [5.41, 5.74) is 1.28. The van der Waals surface area contributed by atoms with E-state index in [9.17, 15) is 0 Å². The van der Waals surface area contributed by atoms with E-state index in [1.165, 1.54) is 70.1 Å². The van der Waals surface area contributed by atoms with E-state index >= 15 is 0 Å². The molecule has 2 unspecified atom stereocenters. The molecule has 5 rings (SSSR count). The van der Waals surface area contributed by atoms with E-state index in [-0.39, 0.29) is 0 Å². The van der Waals surface area contributed by atoms with Crippen molar-refractivity contribution in [2.45, 2.75) is 63.6 Å². The van der Waals surface area contributed by atoms with Crippen LogP contribution in [0.25, 0.3) is 0 Å². The Bertz CT molecular complexity index is 674. The SMILES string of the molecule is COc1cc(CN2CCN3CCCC3C2C2CCCCC2)cc2c1OCO2. The lowest BCUT2D eigenvalue weighted by Gasteiger charge is -2.49. The summed E-state index contributed by atoms with van der Waals surface area (Å²) < 4.78 is 16.8. The second kappa shape index (κ2) is 7.51. The Labute approximate surface area is 162 Å². The normalized spacial score (nSPS) is 29.1. The summed E-state index contributed by atoms with van der Waals surface area (Å²) in [5, 5.41) is 0. The van der Waals surface area contributed by atoms with E-state index in [1.807, 2.05) is 0 Å². The van der Waals surface area contributed by atoms with Gasteiger partial charge in [0, 0.05) is 31.7 Å². The molecule has 0 aromatic heterocycles. The Morgan fingerprint density at radius 1 is 1.00 bits per heavy atom. The van der Waals surface area contributed by atoms with Gasteiger partial charge in [-0.05, 0) is 55.8 Å². The van der Waals surface area contributed by atoms with Crippen LogP contribution < -0.4 is 14.2 Å². The quantitative estimate of drug-likeness (QED) is 0.806. The molecule has 2 atom stereocenters. The molecule has 3 heterocycles. The number of methoxy groups -OCH3 is 1. The van der Waals surface area contributed by atoms with Gasteiger partial charge in [-0.25, -0.2) is 0 Å². The highest BCUT2D eigenvalue weighted by Crippen LogP contribution is 2.43. The highest BCUT2D eigenvalue weighted by atomic mass is 16.7. The van der Waals surface area contributed by atoms with Gasteiger partial charge in [-0.15, -0.1) is 0 Å². The average Bonchev–Trinajstić information content (AvgIpc) is 3.37. The van der Waals surface area contributed by atoms with Crippen molar-refractivity contribution in [1.82, 2.24) is 9.80 Å². The molecule has 0 bridgehead atoms.